The first-order valence-corrected chi connectivity index (χ1v) is 10.8. The van der Waals surface area contributed by atoms with E-state index < -0.39 is 15.4 Å². The first kappa shape index (κ1) is 18.2. The van der Waals surface area contributed by atoms with Gasteiger partial charge in [0.15, 0.2) is 9.84 Å². The summed E-state index contributed by atoms with van der Waals surface area (Å²) in [5, 5.41) is 3.76. The third-order valence-corrected chi connectivity index (χ3v) is 7.28. The number of hydrogen-bond acceptors (Lipinski definition) is 3. The van der Waals surface area contributed by atoms with E-state index in [1.54, 1.807) is 6.07 Å². The van der Waals surface area contributed by atoms with E-state index in [0.29, 0.717) is 4.90 Å². The van der Waals surface area contributed by atoms with Gasteiger partial charge in [0.2, 0.25) is 0 Å². The maximum absolute atomic E-state index is 13.2. The van der Waals surface area contributed by atoms with Gasteiger partial charge in [-0.3, -0.25) is 5.32 Å². The van der Waals surface area contributed by atoms with Crippen LogP contribution in [0.1, 0.15) is 56.7 Å². The minimum absolute atomic E-state index is 0.105. The summed E-state index contributed by atoms with van der Waals surface area (Å²) in [5.41, 5.74) is 1.58. The molecule has 0 aliphatic carbocycles. The fourth-order valence-corrected chi connectivity index (χ4v) is 5.96. The summed E-state index contributed by atoms with van der Waals surface area (Å²) in [6, 6.07) is 17.5. The Hall–Kier alpha value is -1.65. The van der Waals surface area contributed by atoms with Crippen molar-refractivity contribution in [3.63, 3.8) is 0 Å². The van der Waals surface area contributed by atoms with Crippen molar-refractivity contribution >= 4 is 9.84 Å². The molecule has 1 heterocycles. The second-order valence-electron chi connectivity index (χ2n) is 7.02. The van der Waals surface area contributed by atoms with E-state index in [9.17, 15) is 8.42 Å². The molecule has 3 rings (SSSR count). The van der Waals surface area contributed by atoms with Gasteiger partial charge in [0.1, 0.15) is 0 Å². The highest BCUT2D eigenvalue weighted by Gasteiger charge is 2.41. The molecule has 0 saturated carbocycles. The second-order valence-corrected chi connectivity index (χ2v) is 8.98. The molecule has 4 heteroatoms. The molecule has 0 saturated heterocycles. The number of hydrogen-bond donors (Lipinski definition) is 1. The maximum atomic E-state index is 13.2. The summed E-state index contributed by atoms with van der Waals surface area (Å²) in [6.45, 7) is 4.24. The van der Waals surface area contributed by atoms with Gasteiger partial charge in [-0.15, -0.1) is 0 Å². The molecule has 2 aromatic carbocycles. The zero-order valence-electron chi connectivity index (χ0n) is 15.0. The molecule has 0 fully saturated rings. The highest BCUT2D eigenvalue weighted by Crippen LogP contribution is 2.37. The number of fused-ring (bicyclic) bond motifs is 1. The average molecular weight is 358 g/mol. The van der Waals surface area contributed by atoms with E-state index in [4.69, 9.17) is 0 Å². The number of sulfone groups is 1. The van der Waals surface area contributed by atoms with E-state index >= 15 is 0 Å². The molecule has 25 heavy (non-hydrogen) atoms. The zero-order valence-corrected chi connectivity index (χ0v) is 15.9. The molecule has 0 unspecified atom stereocenters. The molecular weight excluding hydrogens is 330 g/mol. The minimum Gasteiger partial charge on any atom is -0.300 e. The van der Waals surface area contributed by atoms with Crippen LogP contribution in [0.25, 0.3) is 0 Å². The number of benzene rings is 2. The molecule has 134 valence electrons. The van der Waals surface area contributed by atoms with E-state index in [0.717, 1.165) is 36.8 Å². The van der Waals surface area contributed by atoms with Crippen LogP contribution in [0.2, 0.25) is 0 Å². The maximum Gasteiger partial charge on any atom is 0.180 e. The van der Waals surface area contributed by atoms with Gasteiger partial charge in [-0.05, 0) is 30.0 Å². The highest BCUT2D eigenvalue weighted by atomic mass is 32.2. The Morgan fingerprint density at radius 1 is 1.04 bits per heavy atom. The molecule has 0 amide bonds. The van der Waals surface area contributed by atoms with Crippen LogP contribution in [0.5, 0.6) is 0 Å². The van der Waals surface area contributed by atoms with Crippen molar-refractivity contribution in [2.45, 2.75) is 56.0 Å². The molecule has 0 spiro atoms. The fourth-order valence-electron chi connectivity index (χ4n) is 3.82. The second kappa shape index (κ2) is 7.30. The first-order chi connectivity index (χ1) is 12.0. The lowest BCUT2D eigenvalue weighted by molar-refractivity contribution is 0.295. The van der Waals surface area contributed by atoms with Crippen LogP contribution in [-0.4, -0.2) is 19.7 Å². The molecule has 1 N–H and O–H groups in total. The Bertz CT molecular complexity index is 817. The molecule has 3 nitrogen and oxygen atoms in total. The quantitative estimate of drug-likeness (QED) is 0.857. The minimum atomic E-state index is -3.33. The van der Waals surface area contributed by atoms with Crippen LogP contribution >= 0.6 is 0 Å². The molecule has 2 aromatic rings. The summed E-state index contributed by atoms with van der Waals surface area (Å²) >= 11 is 0. The molecular formula is C21H27NO2S. The van der Waals surface area contributed by atoms with Crippen molar-refractivity contribution < 1.29 is 8.42 Å². The van der Waals surface area contributed by atoms with Crippen LogP contribution in [0.4, 0.5) is 0 Å². The van der Waals surface area contributed by atoms with Crippen LogP contribution in [0, 0.1) is 0 Å². The van der Waals surface area contributed by atoms with Crippen molar-refractivity contribution in [3.8, 4) is 0 Å². The Balaban J connectivity index is 2.17. The summed E-state index contributed by atoms with van der Waals surface area (Å²) in [5.74, 6) is 0.164. The Morgan fingerprint density at radius 3 is 2.40 bits per heavy atom. The molecule has 2 atom stereocenters. The topological polar surface area (TPSA) is 46.2 Å². The Kier molecular flexibility index (Phi) is 5.30. The SMILES string of the molecule is CCCC[C@]1(CC)CS(=O)(=O)c2ccccc2[C@H](c2ccccc2)N1. The monoisotopic (exact) mass is 357 g/mol. The largest absolute Gasteiger partial charge is 0.300 e. The predicted octanol–water partition coefficient (Wildman–Crippen LogP) is 4.49. The number of rotatable bonds is 5. The van der Waals surface area contributed by atoms with Gasteiger partial charge in [0.05, 0.1) is 16.7 Å². The number of unbranched alkanes of at least 4 members (excludes halogenated alkanes) is 1. The van der Waals surface area contributed by atoms with E-state index in [1.807, 2.05) is 36.4 Å². The lowest BCUT2D eigenvalue weighted by Crippen LogP contribution is -2.50. The molecule has 1 aliphatic heterocycles. The van der Waals surface area contributed by atoms with Crippen molar-refractivity contribution in [2.24, 2.45) is 0 Å². The predicted molar refractivity (Wildman–Crippen MR) is 102 cm³/mol. The van der Waals surface area contributed by atoms with Gasteiger partial charge < -0.3 is 0 Å². The molecule has 0 radical (unpaired) electrons. The Labute approximate surface area is 151 Å². The average Bonchev–Trinajstić information content (AvgIpc) is 2.74. The van der Waals surface area contributed by atoms with Gasteiger partial charge in [-0.25, -0.2) is 8.42 Å². The van der Waals surface area contributed by atoms with E-state index in [-0.39, 0.29) is 11.8 Å². The normalized spacial score (nSPS) is 25.1. The highest BCUT2D eigenvalue weighted by molar-refractivity contribution is 7.91. The van der Waals surface area contributed by atoms with Crippen molar-refractivity contribution in [2.75, 3.05) is 5.75 Å². The summed E-state index contributed by atoms with van der Waals surface area (Å²) in [6.07, 6.45) is 3.75. The molecule has 1 aliphatic rings. The third kappa shape index (κ3) is 3.65. The van der Waals surface area contributed by atoms with Crippen LogP contribution in [0.3, 0.4) is 0 Å². The van der Waals surface area contributed by atoms with Gasteiger partial charge in [0, 0.05) is 5.54 Å². The lowest BCUT2D eigenvalue weighted by Gasteiger charge is -2.35. The van der Waals surface area contributed by atoms with Crippen molar-refractivity contribution in [3.05, 3.63) is 65.7 Å². The Morgan fingerprint density at radius 2 is 1.72 bits per heavy atom. The van der Waals surface area contributed by atoms with Crippen LogP contribution in [-0.2, 0) is 9.84 Å². The van der Waals surface area contributed by atoms with Crippen LogP contribution < -0.4 is 5.32 Å². The fraction of sp³-hybridized carbons (Fsp3) is 0.429. The summed E-state index contributed by atoms with van der Waals surface area (Å²) in [4.78, 5) is 0.475. The van der Waals surface area contributed by atoms with Gasteiger partial charge in [0.25, 0.3) is 0 Å². The number of nitrogens with one attached hydrogen (secondary N) is 1. The summed E-state index contributed by atoms with van der Waals surface area (Å²) in [7, 11) is -3.33. The van der Waals surface area contributed by atoms with Crippen molar-refractivity contribution in [1.29, 1.82) is 0 Å². The third-order valence-electron chi connectivity index (χ3n) is 5.30. The van der Waals surface area contributed by atoms with E-state index in [2.05, 4.69) is 31.3 Å². The van der Waals surface area contributed by atoms with Gasteiger partial charge in [-0.1, -0.05) is 75.2 Å². The van der Waals surface area contributed by atoms with E-state index in [1.165, 1.54) is 0 Å². The molecule has 0 aromatic heterocycles. The standard InChI is InChI=1S/C21H27NO2S/c1-3-5-15-21(4-2)16-25(23,24)19-14-10-9-13-18(19)20(22-21)17-11-7-6-8-12-17/h6-14,20,22H,3-5,15-16H2,1-2H3/t20-,21+/m0/s1. The first-order valence-electron chi connectivity index (χ1n) is 9.16. The van der Waals surface area contributed by atoms with Gasteiger partial charge in [-0.2, -0.15) is 0 Å². The smallest absolute Gasteiger partial charge is 0.180 e. The van der Waals surface area contributed by atoms with Crippen LogP contribution in [0.15, 0.2) is 59.5 Å². The molecule has 0 bridgehead atoms. The zero-order chi connectivity index (χ0) is 17.9. The van der Waals surface area contributed by atoms with Gasteiger partial charge >= 0.3 is 0 Å². The van der Waals surface area contributed by atoms with Crippen molar-refractivity contribution in [1.82, 2.24) is 5.32 Å². The lowest BCUT2D eigenvalue weighted by atomic mass is 9.88. The summed E-state index contributed by atoms with van der Waals surface area (Å²) < 4.78 is 26.3.